The number of nitrogens with one attached hydrogen (secondary N) is 1. The minimum Gasteiger partial charge on any atom is -0.497 e. The van der Waals surface area contributed by atoms with Crippen molar-refractivity contribution in [2.24, 2.45) is 5.92 Å². The second kappa shape index (κ2) is 7.50. The molecule has 1 saturated heterocycles. The molecule has 118 valence electrons. The van der Waals surface area contributed by atoms with Gasteiger partial charge in [-0.15, -0.1) is 0 Å². The van der Waals surface area contributed by atoms with Gasteiger partial charge in [-0.3, -0.25) is 0 Å². The van der Waals surface area contributed by atoms with Crippen molar-refractivity contribution in [1.82, 2.24) is 5.32 Å². The van der Waals surface area contributed by atoms with Crippen molar-refractivity contribution in [3.8, 4) is 5.75 Å². The van der Waals surface area contributed by atoms with Crippen LogP contribution in [-0.2, 0) is 0 Å². The van der Waals surface area contributed by atoms with Crippen LogP contribution < -0.4 is 15.0 Å². The van der Waals surface area contributed by atoms with Gasteiger partial charge in [0.15, 0.2) is 0 Å². The minimum absolute atomic E-state index is 0.525. The standard InChI is InChI=1S/C17H27BrN2O/c1-5-6-14-11-20(17(10-19-14)12(2)3)15-7-13(18)8-16(9-15)21-4/h7-9,12,14,17,19H,5-6,10-11H2,1-4H3. The van der Waals surface area contributed by atoms with E-state index in [9.17, 15) is 0 Å². The molecule has 0 aromatic heterocycles. The maximum atomic E-state index is 5.42. The molecular weight excluding hydrogens is 328 g/mol. The fraction of sp³-hybridized carbons (Fsp3) is 0.647. The van der Waals surface area contributed by atoms with Crippen LogP contribution >= 0.6 is 15.9 Å². The molecule has 0 amide bonds. The van der Waals surface area contributed by atoms with Crippen LogP contribution in [0.5, 0.6) is 5.75 Å². The monoisotopic (exact) mass is 354 g/mol. The highest BCUT2D eigenvalue weighted by Crippen LogP contribution is 2.31. The third-order valence-corrected chi connectivity index (χ3v) is 4.72. The molecule has 0 spiro atoms. The lowest BCUT2D eigenvalue weighted by molar-refractivity contribution is 0.327. The number of methoxy groups -OCH3 is 1. The molecule has 21 heavy (non-hydrogen) atoms. The molecule has 1 N–H and O–H groups in total. The largest absolute Gasteiger partial charge is 0.497 e. The first-order valence-corrected chi connectivity index (χ1v) is 8.69. The number of nitrogens with zero attached hydrogens (tertiary/aromatic N) is 1. The van der Waals surface area contributed by atoms with E-state index >= 15 is 0 Å². The summed E-state index contributed by atoms with van der Waals surface area (Å²) in [5.41, 5.74) is 1.25. The molecule has 3 nitrogen and oxygen atoms in total. The summed E-state index contributed by atoms with van der Waals surface area (Å²) in [5.74, 6) is 1.53. The first-order valence-electron chi connectivity index (χ1n) is 7.89. The predicted octanol–water partition coefficient (Wildman–Crippen LogP) is 4.06. The number of anilines is 1. The molecule has 1 aliphatic rings. The van der Waals surface area contributed by atoms with Gasteiger partial charge in [-0.25, -0.2) is 0 Å². The Morgan fingerprint density at radius 2 is 2.14 bits per heavy atom. The topological polar surface area (TPSA) is 24.5 Å². The van der Waals surface area contributed by atoms with E-state index in [1.165, 1.54) is 18.5 Å². The molecule has 0 radical (unpaired) electrons. The van der Waals surface area contributed by atoms with E-state index in [1.807, 2.05) is 6.07 Å². The van der Waals surface area contributed by atoms with Crippen LogP contribution in [0, 0.1) is 5.92 Å². The summed E-state index contributed by atoms with van der Waals surface area (Å²) in [4.78, 5) is 2.55. The fourth-order valence-corrected chi connectivity index (χ4v) is 3.56. The zero-order valence-electron chi connectivity index (χ0n) is 13.5. The smallest absolute Gasteiger partial charge is 0.122 e. The highest BCUT2D eigenvalue weighted by Gasteiger charge is 2.30. The van der Waals surface area contributed by atoms with Gasteiger partial charge >= 0.3 is 0 Å². The van der Waals surface area contributed by atoms with Gasteiger partial charge in [-0.05, 0) is 24.5 Å². The first-order chi connectivity index (χ1) is 10.0. The summed E-state index contributed by atoms with van der Waals surface area (Å²) in [6.45, 7) is 8.97. The zero-order chi connectivity index (χ0) is 15.4. The average molecular weight is 355 g/mol. The van der Waals surface area contributed by atoms with Crippen LogP contribution in [0.2, 0.25) is 0 Å². The van der Waals surface area contributed by atoms with Crippen molar-refractivity contribution >= 4 is 21.6 Å². The normalized spacial score (nSPS) is 22.7. The van der Waals surface area contributed by atoms with E-state index in [0.29, 0.717) is 18.0 Å². The number of hydrogen-bond donors (Lipinski definition) is 1. The van der Waals surface area contributed by atoms with Crippen molar-refractivity contribution in [3.63, 3.8) is 0 Å². The van der Waals surface area contributed by atoms with Crippen LogP contribution in [0.15, 0.2) is 22.7 Å². The Labute approximate surface area is 137 Å². The average Bonchev–Trinajstić information content (AvgIpc) is 2.46. The van der Waals surface area contributed by atoms with E-state index in [-0.39, 0.29) is 0 Å². The zero-order valence-corrected chi connectivity index (χ0v) is 15.1. The molecule has 0 aliphatic carbocycles. The molecule has 0 bridgehead atoms. The van der Waals surface area contributed by atoms with Gasteiger partial charge in [0.25, 0.3) is 0 Å². The molecule has 1 fully saturated rings. The molecular formula is C17H27BrN2O. The lowest BCUT2D eigenvalue weighted by atomic mass is 9.96. The Morgan fingerprint density at radius 1 is 1.38 bits per heavy atom. The number of piperazine rings is 1. The summed E-state index contributed by atoms with van der Waals surface area (Å²) in [5, 5.41) is 3.71. The summed E-state index contributed by atoms with van der Waals surface area (Å²) >= 11 is 3.60. The lowest BCUT2D eigenvalue weighted by Gasteiger charge is -2.44. The highest BCUT2D eigenvalue weighted by atomic mass is 79.9. The third-order valence-electron chi connectivity index (χ3n) is 4.26. The SMILES string of the molecule is CCCC1CN(c2cc(Br)cc(OC)c2)C(C(C)C)CN1. The molecule has 2 rings (SSSR count). The van der Waals surface area contributed by atoms with Gasteiger partial charge in [-0.2, -0.15) is 0 Å². The molecule has 0 saturated carbocycles. The van der Waals surface area contributed by atoms with Crippen LogP contribution in [0.25, 0.3) is 0 Å². The van der Waals surface area contributed by atoms with Crippen LogP contribution in [0.4, 0.5) is 5.69 Å². The third kappa shape index (κ3) is 4.13. The molecule has 1 heterocycles. The molecule has 2 unspecified atom stereocenters. The van der Waals surface area contributed by atoms with Gasteiger partial charge in [0.2, 0.25) is 0 Å². The minimum atomic E-state index is 0.525. The predicted molar refractivity (Wildman–Crippen MR) is 93.4 cm³/mol. The quantitative estimate of drug-likeness (QED) is 0.862. The van der Waals surface area contributed by atoms with E-state index in [2.05, 4.69) is 59.1 Å². The number of rotatable bonds is 5. The Balaban J connectivity index is 2.28. The Bertz CT molecular complexity index is 464. The number of ether oxygens (including phenoxy) is 1. The highest BCUT2D eigenvalue weighted by molar-refractivity contribution is 9.10. The van der Waals surface area contributed by atoms with Crippen molar-refractivity contribution < 1.29 is 4.74 Å². The molecule has 2 atom stereocenters. The molecule has 1 aromatic carbocycles. The van der Waals surface area contributed by atoms with Crippen LogP contribution in [0.3, 0.4) is 0 Å². The van der Waals surface area contributed by atoms with Crippen molar-refractivity contribution in [2.75, 3.05) is 25.1 Å². The van der Waals surface area contributed by atoms with Gasteiger partial charge < -0.3 is 15.0 Å². The van der Waals surface area contributed by atoms with E-state index in [1.54, 1.807) is 7.11 Å². The van der Waals surface area contributed by atoms with Gasteiger partial charge in [0.05, 0.1) is 7.11 Å². The molecule has 4 heteroatoms. The maximum Gasteiger partial charge on any atom is 0.122 e. The molecule has 1 aliphatic heterocycles. The van der Waals surface area contributed by atoms with Gasteiger partial charge in [0.1, 0.15) is 5.75 Å². The summed E-state index contributed by atoms with van der Waals surface area (Å²) < 4.78 is 6.50. The summed E-state index contributed by atoms with van der Waals surface area (Å²) in [6, 6.07) is 7.47. The second-order valence-electron chi connectivity index (χ2n) is 6.21. The summed E-state index contributed by atoms with van der Waals surface area (Å²) in [6.07, 6.45) is 2.45. The summed E-state index contributed by atoms with van der Waals surface area (Å²) in [7, 11) is 1.73. The fourth-order valence-electron chi connectivity index (χ4n) is 3.10. The van der Waals surface area contributed by atoms with Crippen molar-refractivity contribution in [1.29, 1.82) is 0 Å². The van der Waals surface area contributed by atoms with Gasteiger partial charge in [0, 0.05) is 41.4 Å². The Kier molecular flexibility index (Phi) is 5.94. The van der Waals surface area contributed by atoms with E-state index in [4.69, 9.17) is 4.74 Å². The second-order valence-corrected chi connectivity index (χ2v) is 7.12. The first kappa shape index (κ1) is 16.6. The molecule has 1 aromatic rings. The van der Waals surface area contributed by atoms with Gasteiger partial charge in [-0.1, -0.05) is 43.1 Å². The van der Waals surface area contributed by atoms with Crippen molar-refractivity contribution in [2.45, 2.75) is 45.7 Å². The Hall–Kier alpha value is -0.740. The van der Waals surface area contributed by atoms with Crippen LogP contribution in [0.1, 0.15) is 33.6 Å². The van der Waals surface area contributed by atoms with Crippen LogP contribution in [-0.4, -0.2) is 32.3 Å². The van der Waals surface area contributed by atoms with E-state index in [0.717, 1.165) is 23.3 Å². The van der Waals surface area contributed by atoms with E-state index < -0.39 is 0 Å². The number of halogens is 1. The van der Waals surface area contributed by atoms with Crippen molar-refractivity contribution in [3.05, 3.63) is 22.7 Å². The lowest BCUT2D eigenvalue weighted by Crippen LogP contribution is -2.58. The maximum absolute atomic E-state index is 5.42. The number of hydrogen-bond acceptors (Lipinski definition) is 3. The number of benzene rings is 1. The Morgan fingerprint density at radius 3 is 2.76 bits per heavy atom.